The predicted molar refractivity (Wildman–Crippen MR) is 93.7 cm³/mol. The highest BCUT2D eigenvalue weighted by molar-refractivity contribution is 5.39. The van der Waals surface area contributed by atoms with Gasteiger partial charge in [-0.3, -0.25) is 0 Å². The van der Waals surface area contributed by atoms with E-state index >= 15 is 0 Å². The van der Waals surface area contributed by atoms with Gasteiger partial charge in [-0.15, -0.1) is 0 Å². The number of hydrogen-bond donors (Lipinski definition) is 0. The molecule has 0 unspecified atom stereocenters. The average Bonchev–Trinajstić information content (AvgIpc) is 2.60. The van der Waals surface area contributed by atoms with Gasteiger partial charge < -0.3 is 14.2 Å². The normalized spacial score (nSPS) is 11.8. The highest BCUT2D eigenvalue weighted by Gasteiger charge is 2.04. The van der Waals surface area contributed by atoms with E-state index in [9.17, 15) is 0 Å². The monoisotopic (exact) mass is 314 g/mol. The van der Waals surface area contributed by atoms with Crippen molar-refractivity contribution in [1.29, 1.82) is 0 Å². The summed E-state index contributed by atoms with van der Waals surface area (Å²) in [7, 11) is 0. The number of benzene rings is 2. The number of ether oxygens (including phenoxy) is 3. The van der Waals surface area contributed by atoms with E-state index in [2.05, 4.69) is 26.0 Å². The van der Waals surface area contributed by atoms with Crippen molar-refractivity contribution in [3.8, 4) is 17.2 Å². The standard InChI is InChI=1S/C20H26O3/c1-4-16(3)17-10-12-18(13-11-17)22-14-15-23-20-9-7-6-8-19(20)21-5-2/h6-13,16H,4-5,14-15H2,1-3H3/t16-/m0/s1. The largest absolute Gasteiger partial charge is 0.490 e. The summed E-state index contributed by atoms with van der Waals surface area (Å²) in [4.78, 5) is 0. The van der Waals surface area contributed by atoms with E-state index in [4.69, 9.17) is 14.2 Å². The molecule has 2 aromatic rings. The molecule has 23 heavy (non-hydrogen) atoms. The van der Waals surface area contributed by atoms with Gasteiger partial charge >= 0.3 is 0 Å². The maximum atomic E-state index is 5.74. The zero-order valence-corrected chi connectivity index (χ0v) is 14.2. The molecule has 0 saturated heterocycles. The second-order valence-corrected chi connectivity index (χ2v) is 5.46. The van der Waals surface area contributed by atoms with Gasteiger partial charge in [0.25, 0.3) is 0 Å². The summed E-state index contributed by atoms with van der Waals surface area (Å²) in [6.45, 7) is 8.01. The van der Waals surface area contributed by atoms with Crippen LogP contribution in [0.4, 0.5) is 0 Å². The van der Waals surface area contributed by atoms with E-state index in [1.807, 2.05) is 43.3 Å². The Morgan fingerprint density at radius 2 is 1.39 bits per heavy atom. The molecule has 1 atom stereocenters. The van der Waals surface area contributed by atoms with E-state index in [1.54, 1.807) is 0 Å². The van der Waals surface area contributed by atoms with Crippen LogP contribution in [0.15, 0.2) is 48.5 Å². The maximum absolute atomic E-state index is 5.74. The fraction of sp³-hybridized carbons (Fsp3) is 0.400. The molecule has 3 heteroatoms. The van der Waals surface area contributed by atoms with E-state index in [-0.39, 0.29) is 0 Å². The lowest BCUT2D eigenvalue weighted by Gasteiger charge is -2.13. The minimum Gasteiger partial charge on any atom is -0.490 e. The summed E-state index contributed by atoms with van der Waals surface area (Å²) in [5.74, 6) is 2.99. The fourth-order valence-corrected chi connectivity index (χ4v) is 2.28. The zero-order chi connectivity index (χ0) is 16.5. The highest BCUT2D eigenvalue weighted by Crippen LogP contribution is 2.26. The van der Waals surface area contributed by atoms with Gasteiger partial charge in [-0.2, -0.15) is 0 Å². The molecule has 2 rings (SSSR count). The van der Waals surface area contributed by atoms with Gasteiger partial charge in [0.2, 0.25) is 0 Å². The molecular formula is C20H26O3. The van der Waals surface area contributed by atoms with E-state index < -0.39 is 0 Å². The van der Waals surface area contributed by atoms with Crippen molar-refractivity contribution in [2.75, 3.05) is 19.8 Å². The zero-order valence-electron chi connectivity index (χ0n) is 14.2. The van der Waals surface area contributed by atoms with E-state index in [1.165, 1.54) is 5.56 Å². The number of hydrogen-bond acceptors (Lipinski definition) is 3. The number of para-hydroxylation sites is 2. The Morgan fingerprint density at radius 3 is 2.00 bits per heavy atom. The Labute approximate surface area is 139 Å². The first-order valence-electron chi connectivity index (χ1n) is 8.32. The van der Waals surface area contributed by atoms with Crippen LogP contribution < -0.4 is 14.2 Å². The summed E-state index contributed by atoms with van der Waals surface area (Å²) in [6.07, 6.45) is 1.15. The summed E-state index contributed by atoms with van der Waals surface area (Å²) in [5.41, 5.74) is 1.35. The van der Waals surface area contributed by atoms with Gasteiger partial charge in [-0.25, -0.2) is 0 Å². The highest BCUT2D eigenvalue weighted by atomic mass is 16.5. The van der Waals surface area contributed by atoms with Crippen LogP contribution in [0, 0.1) is 0 Å². The van der Waals surface area contributed by atoms with Crippen molar-refractivity contribution in [2.24, 2.45) is 0 Å². The van der Waals surface area contributed by atoms with Gasteiger partial charge in [0, 0.05) is 0 Å². The topological polar surface area (TPSA) is 27.7 Å². The third-order valence-corrected chi connectivity index (χ3v) is 3.82. The van der Waals surface area contributed by atoms with Crippen LogP contribution in [0.3, 0.4) is 0 Å². The maximum Gasteiger partial charge on any atom is 0.161 e. The summed E-state index contributed by atoms with van der Waals surface area (Å²) in [6, 6.07) is 16.0. The van der Waals surface area contributed by atoms with Crippen molar-refractivity contribution < 1.29 is 14.2 Å². The van der Waals surface area contributed by atoms with Crippen LogP contribution in [-0.2, 0) is 0 Å². The van der Waals surface area contributed by atoms with Gasteiger partial charge in [0.15, 0.2) is 11.5 Å². The first kappa shape index (κ1) is 17.2. The molecule has 0 spiro atoms. The van der Waals surface area contributed by atoms with Crippen LogP contribution in [0.5, 0.6) is 17.2 Å². The van der Waals surface area contributed by atoms with Crippen LogP contribution in [0.25, 0.3) is 0 Å². The Kier molecular flexibility index (Phi) is 6.79. The lowest BCUT2D eigenvalue weighted by molar-refractivity contribution is 0.208. The van der Waals surface area contributed by atoms with Crippen LogP contribution >= 0.6 is 0 Å². The quantitative estimate of drug-likeness (QED) is 0.606. The number of rotatable bonds is 9. The smallest absolute Gasteiger partial charge is 0.161 e. The molecular weight excluding hydrogens is 288 g/mol. The second kappa shape index (κ2) is 9.09. The first-order valence-corrected chi connectivity index (χ1v) is 8.32. The van der Waals surface area contributed by atoms with Gasteiger partial charge in [0.1, 0.15) is 19.0 Å². The molecule has 0 aromatic heterocycles. The minimum atomic E-state index is 0.483. The molecule has 0 radical (unpaired) electrons. The Hall–Kier alpha value is -2.16. The van der Waals surface area contributed by atoms with E-state index in [0.717, 1.165) is 23.7 Å². The first-order chi connectivity index (χ1) is 11.2. The van der Waals surface area contributed by atoms with Crippen molar-refractivity contribution in [1.82, 2.24) is 0 Å². The Bertz CT molecular complexity index is 578. The van der Waals surface area contributed by atoms with Gasteiger partial charge in [-0.05, 0) is 49.1 Å². The van der Waals surface area contributed by atoms with Gasteiger partial charge in [-0.1, -0.05) is 38.1 Å². The molecule has 0 aliphatic heterocycles. The van der Waals surface area contributed by atoms with Gasteiger partial charge in [0.05, 0.1) is 6.61 Å². The summed E-state index contributed by atoms with van der Waals surface area (Å²) in [5, 5.41) is 0. The van der Waals surface area contributed by atoms with Crippen LogP contribution in [-0.4, -0.2) is 19.8 Å². The molecule has 3 nitrogen and oxygen atoms in total. The van der Waals surface area contributed by atoms with Crippen LogP contribution in [0.2, 0.25) is 0 Å². The molecule has 124 valence electrons. The lowest BCUT2D eigenvalue weighted by Crippen LogP contribution is -2.09. The van der Waals surface area contributed by atoms with Crippen molar-refractivity contribution in [2.45, 2.75) is 33.1 Å². The SMILES string of the molecule is CCOc1ccccc1OCCOc1ccc([C@@H](C)CC)cc1. The molecule has 0 bridgehead atoms. The molecule has 0 fully saturated rings. The molecule has 0 heterocycles. The molecule has 2 aromatic carbocycles. The van der Waals surface area contributed by atoms with Crippen molar-refractivity contribution >= 4 is 0 Å². The van der Waals surface area contributed by atoms with Crippen molar-refractivity contribution in [3.05, 3.63) is 54.1 Å². The molecule has 0 saturated carbocycles. The van der Waals surface area contributed by atoms with Crippen molar-refractivity contribution in [3.63, 3.8) is 0 Å². The Morgan fingerprint density at radius 1 is 0.783 bits per heavy atom. The molecule has 0 aliphatic carbocycles. The summed E-state index contributed by atoms with van der Waals surface area (Å²) < 4.78 is 17.0. The van der Waals surface area contributed by atoms with Crippen LogP contribution in [0.1, 0.15) is 38.7 Å². The molecule has 0 amide bonds. The molecule has 0 N–H and O–H groups in total. The minimum absolute atomic E-state index is 0.483. The average molecular weight is 314 g/mol. The predicted octanol–water partition coefficient (Wildman–Crippen LogP) is 5.06. The fourth-order valence-electron chi connectivity index (χ4n) is 2.28. The Balaban J connectivity index is 1.79. The lowest BCUT2D eigenvalue weighted by atomic mass is 9.99. The third-order valence-electron chi connectivity index (χ3n) is 3.82. The van der Waals surface area contributed by atoms with E-state index in [0.29, 0.717) is 25.7 Å². The molecule has 0 aliphatic rings. The second-order valence-electron chi connectivity index (χ2n) is 5.46. The third kappa shape index (κ3) is 5.20. The summed E-state index contributed by atoms with van der Waals surface area (Å²) >= 11 is 0.